The van der Waals surface area contributed by atoms with E-state index in [4.69, 9.17) is 9.47 Å². The zero-order chi connectivity index (χ0) is 17.0. The fraction of sp³-hybridized carbons (Fsp3) is 0.222. The van der Waals surface area contributed by atoms with Crippen molar-refractivity contribution in [1.82, 2.24) is 0 Å². The van der Waals surface area contributed by atoms with Gasteiger partial charge >= 0.3 is 5.97 Å². The third kappa shape index (κ3) is 3.94. The van der Waals surface area contributed by atoms with Crippen LogP contribution in [0.1, 0.15) is 31.8 Å². The number of esters is 1. The second-order valence-corrected chi connectivity index (χ2v) is 5.16. The van der Waals surface area contributed by atoms with E-state index in [-0.39, 0.29) is 11.3 Å². The molecule has 0 heterocycles. The molecule has 5 heteroatoms. The Hall–Kier alpha value is -2.69. The Morgan fingerprint density at radius 3 is 2.43 bits per heavy atom. The van der Waals surface area contributed by atoms with Gasteiger partial charge in [-0.2, -0.15) is 0 Å². The van der Waals surface area contributed by atoms with Gasteiger partial charge in [0, 0.05) is 11.6 Å². The standard InChI is InChI=1S/C18H17FO4/c1-11-4-5-12(2)15(8-11)17(20)10-23-18(21)14-7-6-13(22-3)9-16(14)19/h4-9H,10H2,1-3H3. The first-order valence-electron chi connectivity index (χ1n) is 7.03. The fourth-order valence-electron chi connectivity index (χ4n) is 2.11. The number of benzene rings is 2. The number of ketones is 1. The van der Waals surface area contributed by atoms with Crippen molar-refractivity contribution in [1.29, 1.82) is 0 Å². The predicted molar refractivity (Wildman–Crippen MR) is 83.5 cm³/mol. The molecule has 2 aromatic rings. The summed E-state index contributed by atoms with van der Waals surface area (Å²) in [5.74, 6) is -1.67. The summed E-state index contributed by atoms with van der Waals surface area (Å²) in [5.41, 5.74) is 1.99. The second-order valence-electron chi connectivity index (χ2n) is 5.16. The topological polar surface area (TPSA) is 52.6 Å². The lowest BCUT2D eigenvalue weighted by Crippen LogP contribution is -2.16. The highest BCUT2D eigenvalue weighted by atomic mass is 19.1. The fourth-order valence-corrected chi connectivity index (χ4v) is 2.11. The van der Waals surface area contributed by atoms with E-state index < -0.39 is 18.4 Å². The van der Waals surface area contributed by atoms with E-state index in [1.807, 2.05) is 19.1 Å². The monoisotopic (exact) mass is 316 g/mol. The van der Waals surface area contributed by atoms with Gasteiger partial charge in [0.25, 0.3) is 0 Å². The summed E-state index contributed by atoms with van der Waals surface area (Å²) in [4.78, 5) is 24.0. The molecular weight excluding hydrogens is 299 g/mol. The van der Waals surface area contributed by atoms with E-state index in [1.54, 1.807) is 13.0 Å². The van der Waals surface area contributed by atoms with E-state index in [0.717, 1.165) is 17.2 Å². The lowest BCUT2D eigenvalue weighted by atomic mass is 10.0. The highest BCUT2D eigenvalue weighted by Crippen LogP contribution is 2.17. The zero-order valence-corrected chi connectivity index (χ0v) is 13.2. The van der Waals surface area contributed by atoms with E-state index in [1.165, 1.54) is 19.2 Å². The molecule has 0 saturated heterocycles. The molecule has 2 aromatic carbocycles. The molecule has 23 heavy (non-hydrogen) atoms. The average molecular weight is 316 g/mol. The molecule has 0 atom stereocenters. The normalized spacial score (nSPS) is 10.3. The Morgan fingerprint density at radius 1 is 1.04 bits per heavy atom. The molecule has 0 aliphatic heterocycles. The number of ether oxygens (including phenoxy) is 2. The maximum atomic E-state index is 13.8. The Kier molecular flexibility index (Phi) is 5.11. The SMILES string of the molecule is COc1ccc(C(=O)OCC(=O)c2cc(C)ccc2C)c(F)c1. The summed E-state index contributed by atoms with van der Waals surface area (Å²) in [6, 6.07) is 9.26. The third-order valence-corrected chi connectivity index (χ3v) is 3.42. The van der Waals surface area contributed by atoms with Gasteiger partial charge in [0.2, 0.25) is 5.78 Å². The highest BCUT2D eigenvalue weighted by Gasteiger charge is 2.17. The quantitative estimate of drug-likeness (QED) is 0.626. The molecule has 0 spiro atoms. The van der Waals surface area contributed by atoms with Crippen LogP contribution < -0.4 is 4.74 Å². The van der Waals surface area contributed by atoms with Crippen LogP contribution in [0.15, 0.2) is 36.4 Å². The summed E-state index contributed by atoms with van der Waals surface area (Å²) in [6.07, 6.45) is 0. The molecule has 0 aliphatic carbocycles. The van der Waals surface area contributed by atoms with E-state index in [2.05, 4.69) is 0 Å². The van der Waals surface area contributed by atoms with Crippen molar-refractivity contribution in [3.05, 3.63) is 64.5 Å². The van der Waals surface area contributed by atoms with Crippen molar-refractivity contribution in [2.75, 3.05) is 13.7 Å². The van der Waals surface area contributed by atoms with Gasteiger partial charge in [0.15, 0.2) is 6.61 Å². The summed E-state index contributed by atoms with van der Waals surface area (Å²) in [6.45, 7) is 3.24. The van der Waals surface area contributed by atoms with Gasteiger partial charge in [-0.05, 0) is 37.6 Å². The van der Waals surface area contributed by atoms with Crippen molar-refractivity contribution in [3.8, 4) is 5.75 Å². The van der Waals surface area contributed by atoms with Gasteiger partial charge in [0.05, 0.1) is 12.7 Å². The molecule has 0 saturated carbocycles. The van der Waals surface area contributed by atoms with Gasteiger partial charge in [-0.25, -0.2) is 9.18 Å². The molecular formula is C18H17FO4. The molecule has 0 aromatic heterocycles. The molecule has 4 nitrogen and oxygen atoms in total. The number of carbonyl (C=O) groups excluding carboxylic acids is 2. The van der Waals surface area contributed by atoms with Crippen molar-refractivity contribution in [2.45, 2.75) is 13.8 Å². The van der Waals surface area contributed by atoms with Gasteiger partial charge in [-0.15, -0.1) is 0 Å². The molecule has 0 N–H and O–H groups in total. The zero-order valence-electron chi connectivity index (χ0n) is 13.2. The minimum absolute atomic E-state index is 0.237. The Morgan fingerprint density at radius 2 is 1.78 bits per heavy atom. The molecule has 0 bridgehead atoms. The van der Waals surface area contributed by atoms with Crippen molar-refractivity contribution in [3.63, 3.8) is 0 Å². The van der Waals surface area contributed by atoms with E-state index >= 15 is 0 Å². The Bertz CT molecular complexity index is 753. The summed E-state index contributed by atoms with van der Waals surface area (Å²) in [7, 11) is 1.40. The van der Waals surface area contributed by atoms with Gasteiger partial charge < -0.3 is 9.47 Å². The maximum absolute atomic E-state index is 13.8. The van der Waals surface area contributed by atoms with E-state index in [0.29, 0.717) is 11.3 Å². The number of aryl methyl sites for hydroxylation is 2. The number of hydrogen-bond acceptors (Lipinski definition) is 4. The van der Waals surface area contributed by atoms with Crippen molar-refractivity contribution in [2.24, 2.45) is 0 Å². The number of hydrogen-bond donors (Lipinski definition) is 0. The number of Topliss-reactive ketones (excluding diaryl/α,β-unsaturated/α-hetero) is 1. The third-order valence-electron chi connectivity index (χ3n) is 3.42. The first-order chi connectivity index (χ1) is 10.9. The smallest absolute Gasteiger partial charge is 0.341 e. The lowest BCUT2D eigenvalue weighted by molar-refractivity contribution is 0.0470. The molecule has 0 amide bonds. The van der Waals surface area contributed by atoms with Crippen LogP contribution in [0, 0.1) is 19.7 Å². The molecule has 120 valence electrons. The Labute approximate surface area is 133 Å². The van der Waals surface area contributed by atoms with Crippen LogP contribution in [0.3, 0.4) is 0 Å². The number of carbonyl (C=O) groups is 2. The van der Waals surface area contributed by atoms with Crippen LogP contribution in [0.5, 0.6) is 5.75 Å². The molecule has 0 unspecified atom stereocenters. The second kappa shape index (κ2) is 7.05. The molecule has 0 fully saturated rings. The maximum Gasteiger partial charge on any atom is 0.341 e. The minimum Gasteiger partial charge on any atom is -0.497 e. The van der Waals surface area contributed by atoms with Crippen LogP contribution in [0.25, 0.3) is 0 Å². The van der Waals surface area contributed by atoms with Crippen LogP contribution in [-0.2, 0) is 4.74 Å². The van der Waals surface area contributed by atoms with Crippen LogP contribution in [-0.4, -0.2) is 25.5 Å². The largest absolute Gasteiger partial charge is 0.497 e. The van der Waals surface area contributed by atoms with Gasteiger partial charge in [-0.1, -0.05) is 17.7 Å². The minimum atomic E-state index is -0.885. The van der Waals surface area contributed by atoms with Gasteiger partial charge in [-0.3, -0.25) is 4.79 Å². The van der Waals surface area contributed by atoms with Crippen molar-refractivity contribution < 1.29 is 23.5 Å². The number of halogens is 1. The number of methoxy groups -OCH3 is 1. The molecule has 2 rings (SSSR count). The average Bonchev–Trinajstić information content (AvgIpc) is 2.54. The highest BCUT2D eigenvalue weighted by molar-refractivity contribution is 6.00. The Balaban J connectivity index is 2.07. The van der Waals surface area contributed by atoms with Gasteiger partial charge in [0.1, 0.15) is 11.6 Å². The predicted octanol–water partition coefficient (Wildman–Crippen LogP) is 3.49. The van der Waals surface area contributed by atoms with Crippen LogP contribution >= 0.6 is 0 Å². The van der Waals surface area contributed by atoms with Crippen molar-refractivity contribution >= 4 is 11.8 Å². The first kappa shape index (κ1) is 16.7. The van der Waals surface area contributed by atoms with Crippen LogP contribution in [0.4, 0.5) is 4.39 Å². The van der Waals surface area contributed by atoms with Crippen LogP contribution in [0.2, 0.25) is 0 Å². The lowest BCUT2D eigenvalue weighted by Gasteiger charge is -2.08. The van der Waals surface area contributed by atoms with E-state index in [9.17, 15) is 14.0 Å². The summed E-state index contributed by atoms with van der Waals surface area (Å²) in [5, 5.41) is 0. The number of rotatable bonds is 5. The molecule has 0 aliphatic rings. The first-order valence-corrected chi connectivity index (χ1v) is 7.03. The molecule has 0 radical (unpaired) electrons. The summed E-state index contributed by atoms with van der Waals surface area (Å²) >= 11 is 0. The summed E-state index contributed by atoms with van der Waals surface area (Å²) < 4.78 is 23.6.